The zero-order chi connectivity index (χ0) is 23.0. The Hall–Kier alpha value is -2.24. The van der Waals surface area contributed by atoms with Gasteiger partial charge in [-0.3, -0.25) is 9.59 Å². The lowest BCUT2D eigenvalue weighted by Gasteiger charge is -2.31. The fraction of sp³-hybridized carbons (Fsp3) is 0.500. The van der Waals surface area contributed by atoms with Crippen molar-refractivity contribution in [1.82, 2.24) is 15.7 Å². The van der Waals surface area contributed by atoms with Gasteiger partial charge in [0.2, 0.25) is 0 Å². The summed E-state index contributed by atoms with van der Waals surface area (Å²) in [6.45, 7) is 5.27. The number of rotatable bonds is 10. The Kier molecular flexibility index (Phi) is 9.66. The van der Waals surface area contributed by atoms with E-state index in [1.54, 1.807) is 7.05 Å². The van der Waals surface area contributed by atoms with E-state index in [9.17, 15) is 19.1 Å². The number of hydrogen-bond donors (Lipinski definition) is 3. The molecule has 31 heavy (non-hydrogen) atoms. The molecule has 9 nitrogen and oxygen atoms in total. The molecule has 172 valence electrons. The van der Waals surface area contributed by atoms with Gasteiger partial charge in [-0.2, -0.15) is 5.06 Å². The zero-order valence-electron chi connectivity index (χ0n) is 17.3. The molecule has 2 rings (SSSR count). The molecule has 0 spiro atoms. The highest BCUT2D eigenvalue weighted by Crippen LogP contribution is 2.20. The summed E-state index contributed by atoms with van der Waals surface area (Å²) >= 11 is 5.59. The van der Waals surface area contributed by atoms with Crippen molar-refractivity contribution >= 4 is 23.4 Å². The van der Waals surface area contributed by atoms with Crippen molar-refractivity contribution in [3.05, 3.63) is 41.7 Å². The molecule has 0 radical (unpaired) electrons. The molecular weight excluding hydrogens is 433 g/mol. The van der Waals surface area contributed by atoms with Crippen molar-refractivity contribution in [3.8, 4) is 5.75 Å². The van der Waals surface area contributed by atoms with Gasteiger partial charge in [-0.05, 0) is 25.5 Å². The van der Waals surface area contributed by atoms with E-state index in [-0.39, 0.29) is 42.3 Å². The third-order valence-corrected chi connectivity index (χ3v) is 5.05. The first-order valence-corrected chi connectivity index (χ1v) is 10.1. The summed E-state index contributed by atoms with van der Waals surface area (Å²) in [6.07, 6.45) is 0.265. The average Bonchev–Trinajstić information content (AvgIpc) is 2.74. The van der Waals surface area contributed by atoms with Crippen LogP contribution in [0, 0.1) is 5.82 Å². The number of carbonyl (C=O) groups excluding carboxylic acids is 2. The SMILES string of the molecule is C=CC(NC(=O)COc1ccc(Cl)c(F)c1)C(O)CCNC(=O)C1CC(C)N(C)OO1. The van der Waals surface area contributed by atoms with Crippen LogP contribution < -0.4 is 15.4 Å². The number of hydroxylamine groups is 2. The second-order valence-electron chi connectivity index (χ2n) is 7.13. The Labute approximate surface area is 185 Å². The molecule has 11 heteroatoms. The summed E-state index contributed by atoms with van der Waals surface area (Å²) in [4.78, 5) is 34.2. The first-order chi connectivity index (χ1) is 14.7. The number of ether oxygens (including phenoxy) is 1. The first kappa shape index (κ1) is 25.0. The van der Waals surface area contributed by atoms with Crippen molar-refractivity contribution in [1.29, 1.82) is 0 Å². The van der Waals surface area contributed by atoms with Gasteiger partial charge < -0.3 is 20.5 Å². The van der Waals surface area contributed by atoms with Gasteiger partial charge in [-0.1, -0.05) is 17.7 Å². The topological polar surface area (TPSA) is 109 Å². The van der Waals surface area contributed by atoms with Gasteiger partial charge >= 0.3 is 0 Å². The number of aliphatic hydroxyl groups is 1. The van der Waals surface area contributed by atoms with Gasteiger partial charge in [0.1, 0.15) is 11.6 Å². The number of aliphatic hydroxyl groups excluding tert-OH is 1. The molecular formula is C20H27ClFN3O6. The Morgan fingerprint density at radius 3 is 2.90 bits per heavy atom. The fourth-order valence-corrected chi connectivity index (χ4v) is 2.85. The number of hydrogen-bond acceptors (Lipinski definition) is 7. The maximum Gasteiger partial charge on any atom is 0.258 e. The summed E-state index contributed by atoms with van der Waals surface area (Å²) in [5.74, 6) is -1.40. The smallest absolute Gasteiger partial charge is 0.258 e. The van der Waals surface area contributed by atoms with E-state index in [4.69, 9.17) is 26.2 Å². The van der Waals surface area contributed by atoms with Crippen LogP contribution in [0.3, 0.4) is 0 Å². The van der Waals surface area contributed by atoms with Crippen LogP contribution in [0.1, 0.15) is 19.8 Å². The number of amides is 2. The highest BCUT2D eigenvalue weighted by molar-refractivity contribution is 6.30. The highest BCUT2D eigenvalue weighted by atomic mass is 35.5. The zero-order valence-corrected chi connectivity index (χ0v) is 18.1. The largest absolute Gasteiger partial charge is 0.484 e. The van der Waals surface area contributed by atoms with Crippen LogP contribution in [0.25, 0.3) is 0 Å². The van der Waals surface area contributed by atoms with E-state index in [0.29, 0.717) is 6.42 Å². The van der Waals surface area contributed by atoms with Gasteiger partial charge in [0, 0.05) is 32.1 Å². The van der Waals surface area contributed by atoms with Crippen molar-refractivity contribution in [3.63, 3.8) is 0 Å². The molecule has 0 bridgehead atoms. The van der Waals surface area contributed by atoms with Crippen molar-refractivity contribution in [2.45, 2.75) is 44.1 Å². The Bertz CT molecular complexity index is 783. The monoisotopic (exact) mass is 459 g/mol. The third kappa shape index (κ3) is 7.75. The summed E-state index contributed by atoms with van der Waals surface area (Å²) in [5.41, 5.74) is 0. The van der Waals surface area contributed by atoms with E-state index in [1.165, 1.54) is 23.3 Å². The number of carbonyl (C=O) groups is 2. The Balaban J connectivity index is 1.72. The highest BCUT2D eigenvalue weighted by Gasteiger charge is 2.31. The van der Waals surface area contributed by atoms with Crippen molar-refractivity contribution in [2.24, 2.45) is 0 Å². The molecule has 1 aromatic carbocycles. The van der Waals surface area contributed by atoms with E-state index < -0.39 is 30.0 Å². The van der Waals surface area contributed by atoms with Crippen LogP contribution in [0.4, 0.5) is 4.39 Å². The number of benzene rings is 1. The van der Waals surface area contributed by atoms with Crippen LogP contribution in [0.15, 0.2) is 30.9 Å². The molecule has 0 aliphatic carbocycles. The lowest BCUT2D eigenvalue weighted by atomic mass is 10.1. The minimum atomic E-state index is -0.997. The minimum absolute atomic E-state index is 0.0158. The maximum atomic E-state index is 13.4. The van der Waals surface area contributed by atoms with Gasteiger partial charge in [0.25, 0.3) is 11.8 Å². The second kappa shape index (κ2) is 12.0. The number of nitrogens with zero attached hydrogens (tertiary/aromatic N) is 1. The molecule has 0 saturated carbocycles. The summed E-state index contributed by atoms with van der Waals surface area (Å²) in [6, 6.07) is 3.07. The van der Waals surface area contributed by atoms with E-state index in [1.807, 2.05) is 6.92 Å². The van der Waals surface area contributed by atoms with Crippen LogP contribution in [-0.4, -0.2) is 66.5 Å². The van der Waals surface area contributed by atoms with Crippen LogP contribution in [0.5, 0.6) is 5.75 Å². The molecule has 4 atom stereocenters. The van der Waals surface area contributed by atoms with Crippen molar-refractivity contribution in [2.75, 3.05) is 20.2 Å². The standard InChI is InChI=1S/C20H27ClFN3O6/c1-4-16(24-19(27)11-29-13-5-6-14(21)15(22)10-13)17(26)7-8-23-20(28)18-9-12(2)25(3)31-30-18/h4-6,10,12,16-18,26H,1,7-9,11H2,2-3H3,(H,23,28)(H,24,27). The lowest BCUT2D eigenvalue weighted by Crippen LogP contribution is -2.48. The van der Waals surface area contributed by atoms with E-state index >= 15 is 0 Å². The number of halogens is 2. The molecule has 1 saturated heterocycles. The van der Waals surface area contributed by atoms with Gasteiger partial charge in [-0.25, -0.2) is 9.28 Å². The van der Waals surface area contributed by atoms with Gasteiger partial charge in [0.05, 0.1) is 17.2 Å². The summed E-state index contributed by atoms with van der Waals surface area (Å²) < 4.78 is 18.6. The molecule has 0 aromatic heterocycles. The minimum Gasteiger partial charge on any atom is -0.484 e. The van der Waals surface area contributed by atoms with Gasteiger partial charge in [0.15, 0.2) is 12.7 Å². The van der Waals surface area contributed by atoms with Crippen LogP contribution in [0.2, 0.25) is 5.02 Å². The van der Waals surface area contributed by atoms with Crippen LogP contribution >= 0.6 is 11.6 Å². The molecule has 1 aliphatic heterocycles. The Morgan fingerprint density at radius 2 is 2.26 bits per heavy atom. The second-order valence-corrected chi connectivity index (χ2v) is 7.54. The third-order valence-electron chi connectivity index (χ3n) is 4.74. The molecule has 1 heterocycles. The summed E-state index contributed by atoms with van der Waals surface area (Å²) in [5, 5.41) is 17.0. The Morgan fingerprint density at radius 1 is 1.52 bits per heavy atom. The predicted octanol–water partition coefficient (Wildman–Crippen LogP) is 1.35. The molecule has 4 unspecified atom stereocenters. The fourth-order valence-electron chi connectivity index (χ4n) is 2.73. The lowest BCUT2D eigenvalue weighted by molar-refractivity contribution is -0.464. The molecule has 1 aromatic rings. The van der Waals surface area contributed by atoms with Gasteiger partial charge in [-0.15, -0.1) is 11.6 Å². The quantitative estimate of drug-likeness (QED) is 0.358. The molecule has 1 aliphatic rings. The molecule has 1 fully saturated rings. The molecule has 3 N–H and O–H groups in total. The number of nitrogens with one attached hydrogen (secondary N) is 2. The normalized spacial score (nSPS) is 21.1. The average molecular weight is 460 g/mol. The summed E-state index contributed by atoms with van der Waals surface area (Å²) in [7, 11) is 1.71. The van der Waals surface area contributed by atoms with E-state index in [0.717, 1.165) is 6.07 Å². The maximum absolute atomic E-state index is 13.4. The molecule has 2 amide bonds. The van der Waals surface area contributed by atoms with Crippen LogP contribution in [-0.2, 0) is 19.5 Å². The van der Waals surface area contributed by atoms with E-state index in [2.05, 4.69) is 17.2 Å². The predicted molar refractivity (Wildman–Crippen MR) is 110 cm³/mol. The first-order valence-electron chi connectivity index (χ1n) is 9.73. The van der Waals surface area contributed by atoms with Crippen molar-refractivity contribution < 1.29 is 33.7 Å².